The summed E-state index contributed by atoms with van der Waals surface area (Å²) < 4.78 is 1.85. The zero-order valence-corrected chi connectivity index (χ0v) is 10.7. The molecule has 0 amide bonds. The van der Waals surface area contributed by atoms with Gasteiger partial charge in [-0.25, -0.2) is 4.52 Å². The molecule has 0 saturated heterocycles. The van der Waals surface area contributed by atoms with Crippen molar-refractivity contribution in [3.05, 3.63) is 60.4 Å². The van der Waals surface area contributed by atoms with E-state index >= 15 is 0 Å². The molecule has 0 radical (unpaired) electrons. The molecule has 3 aromatic rings. The van der Waals surface area contributed by atoms with Gasteiger partial charge in [-0.05, 0) is 31.2 Å². The lowest BCUT2D eigenvalue weighted by Crippen LogP contribution is -2.18. The van der Waals surface area contributed by atoms with Gasteiger partial charge in [0, 0.05) is 36.4 Å². The fraction of sp³-hybridized carbons (Fsp3) is 0.214. The minimum atomic E-state index is 0.212. The molecule has 0 saturated carbocycles. The molecule has 0 bridgehead atoms. The summed E-state index contributed by atoms with van der Waals surface area (Å²) in [5, 5.41) is 7.70. The van der Waals surface area contributed by atoms with Gasteiger partial charge >= 0.3 is 0 Å². The first kappa shape index (κ1) is 11.8. The normalized spacial score (nSPS) is 12.7. The van der Waals surface area contributed by atoms with Gasteiger partial charge in [0.05, 0.1) is 17.9 Å². The zero-order valence-electron chi connectivity index (χ0n) is 10.7. The largest absolute Gasteiger partial charge is 0.313 e. The van der Waals surface area contributed by atoms with E-state index in [0.29, 0.717) is 0 Å². The van der Waals surface area contributed by atoms with Crippen LogP contribution in [0.2, 0.25) is 0 Å². The summed E-state index contributed by atoms with van der Waals surface area (Å²) in [4.78, 5) is 8.22. The second-order valence-electron chi connectivity index (χ2n) is 4.41. The summed E-state index contributed by atoms with van der Waals surface area (Å²) in [6, 6.07) is 4.28. The predicted molar refractivity (Wildman–Crippen MR) is 72.7 cm³/mol. The molecular weight excluding hydrogens is 238 g/mol. The number of nitrogens with one attached hydrogen (secondary N) is 1. The molecule has 0 aliphatic heterocycles. The minimum absolute atomic E-state index is 0.212. The van der Waals surface area contributed by atoms with Gasteiger partial charge in [0.1, 0.15) is 0 Å². The monoisotopic (exact) mass is 253 g/mol. The number of rotatable bonds is 4. The second-order valence-corrected chi connectivity index (χ2v) is 4.41. The lowest BCUT2D eigenvalue weighted by molar-refractivity contribution is 0.595. The first-order chi connectivity index (χ1) is 9.38. The van der Waals surface area contributed by atoms with Crippen LogP contribution < -0.4 is 5.32 Å². The van der Waals surface area contributed by atoms with Crippen molar-refractivity contribution in [1.29, 1.82) is 0 Å². The van der Waals surface area contributed by atoms with Gasteiger partial charge in [-0.2, -0.15) is 5.10 Å². The minimum Gasteiger partial charge on any atom is -0.313 e. The third kappa shape index (κ3) is 2.32. The van der Waals surface area contributed by atoms with Crippen molar-refractivity contribution in [2.24, 2.45) is 0 Å². The molecule has 3 rings (SSSR count). The van der Waals surface area contributed by atoms with Crippen LogP contribution >= 0.6 is 0 Å². The second kappa shape index (κ2) is 5.16. The lowest BCUT2D eigenvalue weighted by atomic mass is 10.0. The smallest absolute Gasteiger partial charge is 0.0892 e. The predicted octanol–water partition coefficient (Wildman–Crippen LogP) is 1.63. The van der Waals surface area contributed by atoms with E-state index in [2.05, 4.69) is 20.4 Å². The van der Waals surface area contributed by atoms with E-state index in [-0.39, 0.29) is 6.04 Å². The standard InChI is InChI=1S/C14H15N5/c1-15-13(8-11-2-4-16-5-3-11)12-9-18-19-7-6-17-10-14(12)19/h2-7,9-10,13,15H,8H2,1H3. The van der Waals surface area contributed by atoms with Crippen molar-refractivity contribution in [3.8, 4) is 0 Å². The summed E-state index contributed by atoms with van der Waals surface area (Å²) in [6.07, 6.45) is 11.9. The van der Waals surface area contributed by atoms with Crippen molar-refractivity contribution in [2.45, 2.75) is 12.5 Å². The number of hydrogen-bond acceptors (Lipinski definition) is 4. The van der Waals surface area contributed by atoms with E-state index in [0.717, 1.165) is 17.5 Å². The fourth-order valence-corrected chi connectivity index (χ4v) is 2.24. The third-order valence-corrected chi connectivity index (χ3v) is 3.27. The van der Waals surface area contributed by atoms with Gasteiger partial charge in [0.25, 0.3) is 0 Å². The van der Waals surface area contributed by atoms with E-state index < -0.39 is 0 Å². The molecule has 0 spiro atoms. The SMILES string of the molecule is CNC(Cc1ccncc1)c1cnn2ccncc12. The first-order valence-corrected chi connectivity index (χ1v) is 6.22. The molecule has 0 aliphatic carbocycles. The number of hydrogen-bond donors (Lipinski definition) is 1. The highest BCUT2D eigenvalue weighted by Gasteiger charge is 2.15. The highest BCUT2D eigenvalue weighted by molar-refractivity contribution is 5.53. The van der Waals surface area contributed by atoms with Gasteiger partial charge in [-0.3, -0.25) is 9.97 Å². The van der Waals surface area contributed by atoms with Crippen LogP contribution in [0.4, 0.5) is 0 Å². The van der Waals surface area contributed by atoms with E-state index in [1.54, 1.807) is 6.20 Å². The Morgan fingerprint density at radius 1 is 1.16 bits per heavy atom. The van der Waals surface area contributed by atoms with Crippen molar-refractivity contribution in [1.82, 2.24) is 24.9 Å². The van der Waals surface area contributed by atoms with Gasteiger partial charge in [-0.15, -0.1) is 0 Å². The van der Waals surface area contributed by atoms with Crippen LogP contribution in [-0.4, -0.2) is 26.6 Å². The number of nitrogens with zero attached hydrogens (tertiary/aromatic N) is 4. The number of fused-ring (bicyclic) bond motifs is 1. The van der Waals surface area contributed by atoms with Gasteiger partial charge in [-0.1, -0.05) is 0 Å². The molecule has 0 aliphatic rings. The highest BCUT2D eigenvalue weighted by Crippen LogP contribution is 2.21. The molecule has 3 heterocycles. The average molecular weight is 253 g/mol. The molecule has 5 nitrogen and oxygen atoms in total. The number of pyridine rings is 1. The molecule has 3 aromatic heterocycles. The van der Waals surface area contributed by atoms with Crippen LogP contribution in [0.1, 0.15) is 17.2 Å². The first-order valence-electron chi connectivity index (χ1n) is 6.22. The third-order valence-electron chi connectivity index (χ3n) is 3.27. The van der Waals surface area contributed by atoms with Crippen molar-refractivity contribution in [2.75, 3.05) is 7.05 Å². The molecule has 5 heteroatoms. The van der Waals surface area contributed by atoms with Crippen LogP contribution in [0.25, 0.3) is 5.52 Å². The highest BCUT2D eigenvalue weighted by atomic mass is 15.2. The molecule has 1 N–H and O–H groups in total. The Balaban J connectivity index is 1.94. The Morgan fingerprint density at radius 2 is 2.00 bits per heavy atom. The van der Waals surface area contributed by atoms with Gasteiger partial charge in [0.15, 0.2) is 0 Å². The molecule has 0 aromatic carbocycles. The Labute approximate surface area is 111 Å². The Hall–Kier alpha value is -2.27. The van der Waals surface area contributed by atoms with Crippen LogP contribution in [-0.2, 0) is 6.42 Å². The fourth-order valence-electron chi connectivity index (χ4n) is 2.24. The molecular formula is C14H15N5. The van der Waals surface area contributed by atoms with Crippen LogP contribution in [0.3, 0.4) is 0 Å². The summed E-state index contributed by atoms with van der Waals surface area (Å²) >= 11 is 0. The zero-order chi connectivity index (χ0) is 13.1. The van der Waals surface area contributed by atoms with Crippen molar-refractivity contribution in [3.63, 3.8) is 0 Å². The summed E-state index contributed by atoms with van der Waals surface area (Å²) in [6.45, 7) is 0. The molecule has 19 heavy (non-hydrogen) atoms. The molecule has 1 atom stereocenters. The summed E-state index contributed by atoms with van der Waals surface area (Å²) in [7, 11) is 1.96. The maximum absolute atomic E-state index is 4.35. The topological polar surface area (TPSA) is 55.1 Å². The van der Waals surface area contributed by atoms with Crippen molar-refractivity contribution < 1.29 is 0 Å². The number of likely N-dealkylation sites (N-methyl/N-ethyl adjacent to an activating group) is 1. The van der Waals surface area contributed by atoms with Crippen molar-refractivity contribution >= 4 is 5.52 Å². The average Bonchev–Trinajstić information content (AvgIpc) is 2.90. The lowest BCUT2D eigenvalue weighted by Gasteiger charge is -2.15. The maximum atomic E-state index is 4.35. The number of aromatic nitrogens is 4. The molecule has 0 fully saturated rings. The van der Waals surface area contributed by atoms with E-state index in [4.69, 9.17) is 0 Å². The summed E-state index contributed by atoms with van der Waals surface area (Å²) in [5.74, 6) is 0. The molecule has 1 unspecified atom stereocenters. The Kier molecular flexibility index (Phi) is 3.20. The van der Waals surface area contributed by atoms with E-state index in [1.165, 1.54) is 5.56 Å². The van der Waals surface area contributed by atoms with Gasteiger partial charge in [0.2, 0.25) is 0 Å². The van der Waals surface area contributed by atoms with Crippen LogP contribution in [0.15, 0.2) is 49.3 Å². The molecule has 96 valence electrons. The Morgan fingerprint density at radius 3 is 2.79 bits per heavy atom. The van der Waals surface area contributed by atoms with Gasteiger partial charge < -0.3 is 5.32 Å². The van der Waals surface area contributed by atoms with E-state index in [1.807, 2.05) is 54.7 Å². The van der Waals surface area contributed by atoms with E-state index in [9.17, 15) is 0 Å². The van der Waals surface area contributed by atoms with Crippen LogP contribution in [0, 0.1) is 0 Å². The maximum Gasteiger partial charge on any atom is 0.0892 e. The Bertz CT molecular complexity index is 662. The summed E-state index contributed by atoms with van der Waals surface area (Å²) in [5.41, 5.74) is 3.45. The quantitative estimate of drug-likeness (QED) is 0.767. The van der Waals surface area contributed by atoms with Crippen LogP contribution in [0.5, 0.6) is 0 Å².